The van der Waals surface area contributed by atoms with E-state index in [0.717, 1.165) is 11.3 Å². The Labute approximate surface area is 116 Å². The van der Waals surface area contributed by atoms with Crippen LogP contribution < -0.4 is 5.32 Å². The summed E-state index contributed by atoms with van der Waals surface area (Å²) in [4.78, 5) is 28.5. The number of morpholine rings is 1. The Balaban J connectivity index is 1.93. The average molecular weight is 279 g/mol. The molecule has 7 heteroatoms. The second-order valence-electron chi connectivity index (χ2n) is 4.59. The zero-order valence-corrected chi connectivity index (χ0v) is 11.2. The Kier molecular flexibility index (Phi) is 4.52. The van der Waals surface area contributed by atoms with Gasteiger partial charge < -0.3 is 20.1 Å². The van der Waals surface area contributed by atoms with E-state index in [0.29, 0.717) is 13.2 Å². The molecule has 2 amide bonds. The molecule has 1 atom stereocenters. The predicted octanol–water partition coefficient (Wildman–Crippen LogP) is 0.385. The van der Waals surface area contributed by atoms with E-state index in [9.17, 15) is 9.59 Å². The van der Waals surface area contributed by atoms with Gasteiger partial charge in [0.1, 0.15) is 0 Å². The van der Waals surface area contributed by atoms with E-state index < -0.39 is 18.0 Å². The molecule has 2 heterocycles. The first kappa shape index (κ1) is 14.3. The predicted molar refractivity (Wildman–Crippen MR) is 70.2 cm³/mol. The molecule has 20 heavy (non-hydrogen) atoms. The van der Waals surface area contributed by atoms with E-state index >= 15 is 0 Å². The van der Waals surface area contributed by atoms with Gasteiger partial charge in [-0.1, -0.05) is 6.07 Å². The first-order valence-corrected chi connectivity index (χ1v) is 6.34. The van der Waals surface area contributed by atoms with Crippen LogP contribution in [0, 0.1) is 6.92 Å². The molecular weight excluding hydrogens is 262 g/mol. The lowest BCUT2D eigenvalue weighted by Crippen LogP contribution is -2.55. The maximum Gasteiger partial charge on any atom is 0.328 e. The number of ether oxygens (including phenoxy) is 1. The van der Waals surface area contributed by atoms with Crippen LogP contribution in [0.2, 0.25) is 0 Å². The van der Waals surface area contributed by atoms with Gasteiger partial charge in [-0.2, -0.15) is 0 Å². The van der Waals surface area contributed by atoms with E-state index in [1.54, 1.807) is 6.20 Å². The summed E-state index contributed by atoms with van der Waals surface area (Å²) in [5, 5.41) is 11.8. The standard InChI is InChI=1S/C13H17N3O4/c1-9-2-3-10(6-14-9)7-15-13(19)16-4-5-20-8-11(16)12(17)18/h2-3,6,11H,4-5,7-8H2,1H3,(H,15,19)(H,17,18). The lowest BCUT2D eigenvalue weighted by Gasteiger charge is -2.32. The van der Waals surface area contributed by atoms with Crippen molar-refractivity contribution in [3.05, 3.63) is 29.6 Å². The minimum Gasteiger partial charge on any atom is -0.480 e. The number of hydrogen-bond acceptors (Lipinski definition) is 4. The maximum atomic E-state index is 12.0. The molecule has 0 spiro atoms. The Morgan fingerprint density at radius 1 is 1.55 bits per heavy atom. The van der Waals surface area contributed by atoms with Crippen LogP contribution in [0.3, 0.4) is 0 Å². The summed E-state index contributed by atoms with van der Waals surface area (Å²) < 4.78 is 5.09. The number of rotatable bonds is 3. The summed E-state index contributed by atoms with van der Waals surface area (Å²) in [6.45, 7) is 2.84. The highest BCUT2D eigenvalue weighted by Crippen LogP contribution is 2.08. The topological polar surface area (TPSA) is 91.8 Å². The number of nitrogens with one attached hydrogen (secondary N) is 1. The molecular formula is C13H17N3O4. The van der Waals surface area contributed by atoms with Crippen molar-refractivity contribution in [2.75, 3.05) is 19.8 Å². The highest BCUT2D eigenvalue weighted by atomic mass is 16.5. The van der Waals surface area contributed by atoms with Gasteiger partial charge in [0.05, 0.1) is 13.2 Å². The first-order valence-electron chi connectivity index (χ1n) is 6.34. The first-order chi connectivity index (χ1) is 9.58. The Bertz CT molecular complexity index is 489. The molecule has 108 valence electrons. The molecule has 1 aliphatic heterocycles. The summed E-state index contributed by atoms with van der Waals surface area (Å²) >= 11 is 0. The largest absolute Gasteiger partial charge is 0.480 e. The van der Waals surface area contributed by atoms with Gasteiger partial charge >= 0.3 is 12.0 Å². The maximum absolute atomic E-state index is 12.0. The van der Waals surface area contributed by atoms with Crippen molar-refractivity contribution in [1.29, 1.82) is 0 Å². The minimum atomic E-state index is -1.06. The summed E-state index contributed by atoms with van der Waals surface area (Å²) in [5.41, 5.74) is 1.77. The molecule has 0 radical (unpaired) electrons. The number of carbonyl (C=O) groups is 2. The third-order valence-corrected chi connectivity index (χ3v) is 3.09. The van der Waals surface area contributed by atoms with Crippen molar-refractivity contribution in [3.63, 3.8) is 0 Å². The van der Waals surface area contributed by atoms with Crippen molar-refractivity contribution < 1.29 is 19.4 Å². The van der Waals surface area contributed by atoms with Crippen molar-refractivity contribution >= 4 is 12.0 Å². The fourth-order valence-corrected chi connectivity index (χ4v) is 1.93. The molecule has 2 N–H and O–H groups in total. The van der Waals surface area contributed by atoms with E-state index in [-0.39, 0.29) is 13.2 Å². The highest BCUT2D eigenvalue weighted by molar-refractivity contribution is 5.83. The lowest BCUT2D eigenvalue weighted by atomic mass is 10.2. The number of amides is 2. The van der Waals surface area contributed by atoms with Crippen LogP contribution in [0.1, 0.15) is 11.3 Å². The van der Waals surface area contributed by atoms with E-state index in [1.807, 2.05) is 19.1 Å². The number of aryl methyl sites for hydroxylation is 1. The second-order valence-corrected chi connectivity index (χ2v) is 4.59. The molecule has 1 aromatic heterocycles. The number of carbonyl (C=O) groups excluding carboxylic acids is 1. The number of carboxylic acids is 1. The molecule has 1 aromatic rings. The van der Waals surface area contributed by atoms with Gasteiger partial charge in [-0.25, -0.2) is 9.59 Å². The molecule has 1 saturated heterocycles. The Hall–Kier alpha value is -2.15. The van der Waals surface area contributed by atoms with Crippen molar-refractivity contribution in [1.82, 2.24) is 15.2 Å². The molecule has 0 aromatic carbocycles. The van der Waals surface area contributed by atoms with Crippen LogP contribution >= 0.6 is 0 Å². The lowest BCUT2D eigenvalue weighted by molar-refractivity contribution is -0.147. The van der Waals surface area contributed by atoms with Gasteiger partial charge in [-0.05, 0) is 18.6 Å². The van der Waals surface area contributed by atoms with Crippen LogP contribution in [0.15, 0.2) is 18.3 Å². The van der Waals surface area contributed by atoms with Crippen LogP contribution in [0.25, 0.3) is 0 Å². The Morgan fingerprint density at radius 2 is 2.35 bits per heavy atom. The van der Waals surface area contributed by atoms with Gasteiger partial charge in [0.25, 0.3) is 0 Å². The van der Waals surface area contributed by atoms with Gasteiger partial charge in [0.15, 0.2) is 6.04 Å². The molecule has 1 unspecified atom stereocenters. The quantitative estimate of drug-likeness (QED) is 0.835. The second kappa shape index (κ2) is 6.33. The van der Waals surface area contributed by atoms with Crippen LogP contribution in [0.5, 0.6) is 0 Å². The zero-order valence-electron chi connectivity index (χ0n) is 11.2. The minimum absolute atomic E-state index is 0.0227. The number of hydrogen-bond donors (Lipinski definition) is 2. The summed E-state index contributed by atoms with van der Waals surface area (Å²) in [7, 11) is 0. The number of carboxylic acid groups (broad SMARTS) is 1. The van der Waals surface area contributed by atoms with Crippen LogP contribution in [-0.2, 0) is 16.1 Å². The van der Waals surface area contributed by atoms with Crippen molar-refractivity contribution in [2.45, 2.75) is 19.5 Å². The monoisotopic (exact) mass is 279 g/mol. The summed E-state index contributed by atoms with van der Waals surface area (Å²) in [6.07, 6.45) is 1.68. The van der Waals surface area contributed by atoms with Crippen LogP contribution in [0.4, 0.5) is 4.79 Å². The van der Waals surface area contributed by atoms with Crippen molar-refractivity contribution in [3.8, 4) is 0 Å². The molecule has 0 bridgehead atoms. The summed E-state index contributed by atoms with van der Waals surface area (Å²) in [6, 6.07) is 2.40. The smallest absolute Gasteiger partial charge is 0.328 e. The molecule has 1 fully saturated rings. The van der Waals surface area contributed by atoms with E-state index in [2.05, 4.69) is 10.3 Å². The number of aliphatic carboxylic acids is 1. The van der Waals surface area contributed by atoms with Gasteiger partial charge in [0, 0.05) is 25.0 Å². The third-order valence-electron chi connectivity index (χ3n) is 3.09. The highest BCUT2D eigenvalue weighted by Gasteiger charge is 2.32. The average Bonchev–Trinajstić information content (AvgIpc) is 2.46. The summed E-state index contributed by atoms with van der Waals surface area (Å²) in [5.74, 6) is -1.06. The van der Waals surface area contributed by atoms with Gasteiger partial charge in [0.2, 0.25) is 0 Å². The fraction of sp³-hybridized carbons (Fsp3) is 0.462. The number of aromatic nitrogens is 1. The molecule has 0 aliphatic carbocycles. The molecule has 2 rings (SSSR count). The SMILES string of the molecule is Cc1ccc(CNC(=O)N2CCOCC2C(=O)O)cn1. The van der Waals surface area contributed by atoms with E-state index in [1.165, 1.54) is 4.90 Å². The molecule has 7 nitrogen and oxygen atoms in total. The third kappa shape index (κ3) is 3.45. The molecule has 0 saturated carbocycles. The number of urea groups is 1. The number of nitrogens with zero attached hydrogens (tertiary/aromatic N) is 2. The van der Waals surface area contributed by atoms with Crippen molar-refractivity contribution in [2.24, 2.45) is 0 Å². The van der Waals surface area contributed by atoms with E-state index in [4.69, 9.17) is 9.84 Å². The normalized spacial score (nSPS) is 18.6. The molecule has 1 aliphatic rings. The fourth-order valence-electron chi connectivity index (χ4n) is 1.93. The number of pyridine rings is 1. The zero-order chi connectivity index (χ0) is 14.5. The van der Waals surface area contributed by atoms with Crippen LogP contribution in [-0.4, -0.2) is 52.8 Å². The Morgan fingerprint density at radius 3 is 3.00 bits per heavy atom. The van der Waals surface area contributed by atoms with Gasteiger partial charge in [-0.3, -0.25) is 4.98 Å². The van der Waals surface area contributed by atoms with Gasteiger partial charge in [-0.15, -0.1) is 0 Å².